The Hall–Kier alpha value is -1.63. The largest absolute Gasteiger partial charge is 0.484 e. The molecular formula is C21H18Br2O3S. The molecule has 6 heteroatoms. The standard InChI is InChI=1S/C21H18Br2O3S/c1-2-5-20-17(23)12-21(27-20)18(24)11-10-14-8-9-15(26-14)13-25-19-7-4-3-6-16(19)22/h3-4,6-12H,2,5,13H2,1H3/b11-10+. The number of hydrogen-bond acceptors (Lipinski definition) is 4. The van der Waals surface area contributed by atoms with Crippen molar-refractivity contribution < 1.29 is 13.9 Å². The predicted octanol–water partition coefficient (Wildman–Crippen LogP) is 7.29. The van der Waals surface area contributed by atoms with Crippen LogP contribution in [-0.2, 0) is 13.0 Å². The number of allylic oxidation sites excluding steroid dienone is 1. The Morgan fingerprint density at radius 1 is 1.19 bits per heavy atom. The number of ketones is 1. The molecule has 140 valence electrons. The highest BCUT2D eigenvalue weighted by Crippen LogP contribution is 2.29. The summed E-state index contributed by atoms with van der Waals surface area (Å²) in [6, 6.07) is 13.2. The molecular weight excluding hydrogens is 492 g/mol. The van der Waals surface area contributed by atoms with Crippen LogP contribution in [0.3, 0.4) is 0 Å². The summed E-state index contributed by atoms with van der Waals surface area (Å²) in [6.07, 6.45) is 5.27. The van der Waals surface area contributed by atoms with Crippen molar-refractivity contribution in [3.63, 3.8) is 0 Å². The molecule has 0 atom stereocenters. The van der Waals surface area contributed by atoms with E-state index in [1.54, 1.807) is 12.2 Å². The lowest BCUT2D eigenvalue weighted by molar-refractivity contribution is 0.105. The third-order valence-corrected chi connectivity index (χ3v) is 6.60. The number of thiophene rings is 1. The van der Waals surface area contributed by atoms with Gasteiger partial charge in [0.15, 0.2) is 5.78 Å². The van der Waals surface area contributed by atoms with Crippen molar-refractivity contribution in [2.75, 3.05) is 0 Å². The Morgan fingerprint density at radius 2 is 2.00 bits per heavy atom. The molecule has 0 amide bonds. The van der Waals surface area contributed by atoms with Crippen LogP contribution in [0.15, 0.2) is 61.9 Å². The van der Waals surface area contributed by atoms with Crippen molar-refractivity contribution in [1.29, 1.82) is 0 Å². The second kappa shape index (κ2) is 9.53. The fraction of sp³-hybridized carbons (Fsp3) is 0.190. The van der Waals surface area contributed by atoms with E-state index in [4.69, 9.17) is 9.15 Å². The van der Waals surface area contributed by atoms with Crippen LogP contribution in [0.2, 0.25) is 0 Å². The van der Waals surface area contributed by atoms with Gasteiger partial charge >= 0.3 is 0 Å². The third-order valence-electron chi connectivity index (χ3n) is 3.77. The highest BCUT2D eigenvalue weighted by atomic mass is 79.9. The molecule has 0 bridgehead atoms. The van der Waals surface area contributed by atoms with Gasteiger partial charge in [-0.1, -0.05) is 25.5 Å². The predicted molar refractivity (Wildman–Crippen MR) is 117 cm³/mol. The molecule has 0 radical (unpaired) electrons. The van der Waals surface area contributed by atoms with E-state index >= 15 is 0 Å². The molecule has 3 rings (SSSR count). The maximum atomic E-state index is 12.4. The maximum Gasteiger partial charge on any atom is 0.195 e. The molecule has 0 saturated heterocycles. The van der Waals surface area contributed by atoms with Crippen molar-refractivity contribution >= 4 is 55.1 Å². The number of ether oxygens (including phenoxy) is 1. The number of benzene rings is 1. The number of hydrogen-bond donors (Lipinski definition) is 0. The Bertz CT molecular complexity index is 956. The monoisotopic (exact) mass is 508 g/mol. The first-order valence-electron chi connectivity index (χ1n) is 8.53. The van der Waals surface area contributed by atoms with Crippen LogP contribution in [0.25, 0.3) is 6.08 Å². The van der Waals surface area contributed by atoms with E-state index in [2.05, 4.69) is 38.8 Å². The molecule has 0 aliphatic heterocycles. The summed E-state index contributed by atoms with van der Waals surface area (Å²) in [5.41, 5.74) is 0. The van der Waals surface area contributed by atoms with Gasteiger partial charge in [0.05, 0.1) is 9.35 Å². The molecule has 0 unspecified atom stereocenters. The quantitative estimate of drug-likeness (QED) is 0.236. The van der Waals surface area contributed by atoms with E-state index in [0.29, 0.717) is 18.1 Å². The van der Waals surface area contributed by atoms with E-state index < -0.39 is 0 Å². The number of para-hydroxylation sites is 1. The second-order valence-corrected chi connectivity index (χ2v) is 8.70. The lowest BCUT2D eigenvalue weighted by atomic mass is 10.2. The van der Waals surface area contributed by atoms with Crippen LogP contribution in [-0.4, -0.2) is 5.78 Å². The maximum absolute atomic E-state index is 12.4. The van der Waals surface area contributed by atoms with Crippen LogP contribution < -0.4 is 4.74 Å². The highest BCUT2D eigenvalue weighted by Gasteiger charge is 2.11. The SMILES string of the molecule is CCCc1sc(C(=O)/C=C/c2ccc(COc3ccccc3Br)o2)cc1Br. The van der Waals surface area contributed by atoms with E-state index in [9.17, 15) is 4.79 Å². The molecule has 27 heavy (non-hydrogen) atoms. The van der Waals surface area contributed by atoms with Gasteiger partial charge < -0.3 is 9.15 Å². The minimum absolute atomic E-state index is 0.0227. The number of aryl methyl sites for hydroxylation is 1. The second-order valence-electron chi connectivity index (χ2n) is 5.85. The summed E-state index contributed by atoms with van der Waals surface area (Å²) in [5, 5.41) is 0. The number of halogens is 2. The van der Waals surface area contributed by atoms with Crippen molar-refractivity contribution in [1.82, 2.24) is 0 Å². The van der Waals surface area contributed by atoms with Crippen LogP contribution >= 0.6 is 43.2 Å². The van der Waals surface area contributed by atoms with E-state index in [0.717, 1.165) is 32.4 Å². The van der Waals surface area contributed by atoms with Crippen molar-refractivity contribution in [2.24, 2.45) is 0 Å². The number of carbonyl (C=O) groups is 1. The molecule has 1 aromatic carbocycles. The van der Waals surface area contributed by atoms with Gasteiger partial charge in [-0.05, 0) is 80.8 Å². The Kier molecular flexibility index (Phi) is 7.10. The lowest BCUT2D eigenvalue weighted by Crippen LogP contribution is -1.94. The van der Waals surface area contributed by atoms with Gasteiger partial charge in [0.2, 0.25) is 0 Å². The molecule has 0 fully saturated rings. The van der Waals surface area contributed by atoms with Gasteiger partial charge in [0, 0.05) is 9.35 Å². The zero-order chi connectivity index (χ0) is 19.2. The topological polar surface area (TPSA) is 39.4 Å². The number of rotatable bonds is 8. The van der Waals surface area contributed by atoms with Crippen LogP contribution in [0, 0.1) is 0 Å². The first-order valence-corrected chi connectivity index (χ1v) is 10.9. The minimum Gasteiger partial charge on any atom is -0.484 e. The van der Waals surface area contributed by atoms with Crippen molar-refractivity contribution in [3.8, 4) is 5.75 Å². The summed E-state index contributed by atoms with van der Waals surface area (Å²) in [4.78, 5) is 14.3. The summed E-state index contributed by atoms with van der Waals surface area (Å²) in [5.74, 6) is 2.05. The van der Waals surface area contributed by atoms with Gasteiger partial charge in [-0.15, -0.1) is 11.3 Å². The van der Waals surface area contributed by atoms with Crippen LogP contribution in [0.5, 0.6) is 5.75 Å². The zero-order valence-corrected chi connectivity index (χ0v) is 18.7. The van der Waals surface area contributed by atoms with Crippen molar-refractivity contribution in [2.45, 2.75) is 26.4 Å². The van der Waals surface area contributed by atoms with Crippen LogP contribution in [0.1, 0.15) is 39.4 Å². The fourth-order valence-corrected chi connectivity index (χ4v) is 4.73. The summed E-state index contributed by atoms with van der Waals surface area (Å²) >= 11 is 8.51. The van der Waals surface area contributed by atoms with E-state index in [1.165, 1.54) is 16.2 Å². The zero-order valence-electron chi connectivity index (χ0n) is 14.7. The average molecular weight is 510 g/mol. The smallest absolute Gasteiger partial charge is 0.195 e. The van der Waals surface area contributed by atoms with Gasteiger partial charge in [-0.2, -0.15) is 0 Å². The third kappa shape index (κ3) is 5.43. The number of carbonyl (C=O) groups excluding carboxylic acids is 1. The summed E-state index contributed by atoms with van der Waals surface area (Å²) < 4.78 is 13.4. The van der Waals surface area contributed by atoms with Gasteiger partial charge in [0.25, 0.3) is 0 Å². The summed E-state index contributed by atoms with van der Waals surface area (Å²) in [6.45, 7) is 2.45. The first-order chi connectivity index (χ1) is 13.1. The van der Waals surface area contributed by atoms with Gasteiger partial charge in [0.1, 0.15) is 23.9 Å². The molecule has 3 nitrogen and oxygen atoms in total. The minimum atomic E-state index is -0.0227. The van der Waals surface area contributed by atoms with Crippen molar-refractivity contribution in [3.05, 3.63) is 78.8 Å². The van der Waals surface area contributed by atoms with Gasteiger partial charge in [-0.25, -0.2) is 0 Å². The molecule has 0 aliphatic carbocycles. The fourth-order valence-electron chi connectivity index (χ4n) is 2.44. The van der Waals surface area contributed by atoms with E-state index in [1.807, 2.05) is 42.5 Å². The summed E-state index contributed by atoms with van der Waals surface area (Å²) in [7, 11) is 0. The molecule has 2 aromatic heterocycles. The number of furan rings is 1. The molecule has 0 aliphatic rings. The highest BCUT2D eigenvalue weighted by molar-refractivity contribution is 9.10. The first kappa shape index (κ1) is 20.1. The van der Waals surface area contributed by atoms with Crippen LogP contribution in [0.4, 0.5) is 0 Å². The molecule has 0 spiro atoms. The average Bonchev–Trinajstić information content (AvgIpc) is 3.26. The van der Waals surface area contributed by atoms with Gasteiger partial charge in [-0.3, -0.25) is 4.79 Å². The normalized spacial score (nSPS) is 11.2. The molecule has 0 saturated carbocycles. The Morgan fingerprint density at radius 3 is 2.78 bits per heavy atom. The Labute approximate surface area is 179 Å². The van der Waals surface area contributed by atoms with E-state index in [-0.39, 0.29) is 5.78 Å². The lowest BCUT2D eigenvalue weighted by Gasteiger charge is -2.05. The molecule has 2 heterocycles. The molecule has 3 aromatic rings. The Balaban J connectivity index is 1.60. The molecule has 0 N–H and O–H groups in total.